The number of nitrogens with one attached hydrogen (secondary N) is 1. The molecule has 39 heavy (non-hydrogen) atoms. The van der Waals surface area contributed by atoms with Crippen LogP contribution >= 0.6 is 0 Å². The zero-order valence-electron chi connectivity index (χ0n) is 23.2. The number of halogens is 2. The van der Waals surface area contributed by atoms with E-state index in [1.165, 1.54) is 31.8 Å². The smallest absolute Gasteiger partial charge is 0.229 e. The van der Waals surface area contributed by atoms with E-state index in [4.69, 9.17) is 0 Å². The van der Waals surface area contributed by atoms with Gasteiger partial charge in [0.1, 0.15) is 17.3 Å². The van der Waals surface area contributed by atoms with Crippen molar-refractivity contribution in [3.63, 3.8) is 0 Å². The zero-order chi connectivity index (χ0) is 28.3. The number of benzene rings is 1. The van der Waals surface area contributed by atoms with Crippen molar-refractivity contribution in [3.05, 3.63) is 65.6 Å². The highest BCUT2D eigenvalue weighted by molar-refractivity contribution is 5.87. The van der Waals surface area contributed by atoms with Gasteiger partial charge in [-0.15, -0.1) is 0 Å². The Labute approximate surface area is 227 Å². The maximum Gasteiger partial charge on any atom is 0.229 e. The quantitative estimate of drug-likeness (QED) is 0.328. The first-order valence-electron chi connectivity index (χ1n) is 12.9. The van der Waals surface area contributed by atoms with Crippen LogP contribution in [0.15, 0.2) is 42.7 Å². The Hall–Kier alpha value is -3.76. The molecule has 4 heterocycles. The average Bonchev–Trinajstić information content (AvgIpc) is 3.49. The largest absolute Gasteiger partial charge is 0.342 e. The van der Waals surface area contributed by atoms with E-state index in [0.717, 1.165) is 17.9 Å². The van der Waals surface area contributed by atoms with Gasteiger partial charge in [0, 0.05) is 47.0 Å². The van der Waals surface area contributed by atoms with Crippen LogP contribution in [0.25, 0.3) is 22.2 Å². The summed E-state index contributed by atoms with van der Waals surface area (Å²) in [5, 5.41) is 3.35. The minimum absolute atomic E-state index is 0.0213. The molecular formula is C29H35F2N7O. The molecule has 1 aliphatic rings. The molecule has 5 rings (SSSR count). The lowest BCUT2D eigenvalue weighted by Gasteiger charge is -2.17. The summed E-state index contributed by atoms with van der Waals surface area (Å²) in [4.78, 5) is 27.7. The minimum Gasteiger partial charge on any atom is -0.342 e. The summed E-state index contributed by atoms with van der Waals surface area (Å²) >= 11 is 0. The molecule has 1 N–H and O–H groups in total. The van der Waals surface area contributed by atoms with E-state index in [1.807, 2.05) is 25.3 Å². The third-order valence-electron chi connectivity index (χ3n) is 6.89. The number of hydrogen-bond acceptors (Lipinski definition) is 7. The number of hydrogen-bond donors (Lipinski definition) is 1. The van der Waals surface area contributed by atoms with Crippen molar-refractivity contribution >= 4 is 29.0 Å². The van der Waals surface area contributed by atoms with Crippen LogP contribution in [0.3, 0.4) is 0 Å². The Morgan fingerprint density at radius 1 is 1.10 bits per heavy atom. The lowest BCUT2D eigenvalue weighted by Crippen LogP contribution is -2.30. The summed E-state index contributed by atoms with van der Waals surface area (Å²) in [6.07, 6.45) is 4.44. The van der Waals surface area contributed by atoms with Gasteiger partial charge in [0.25, 0.3) is 0 Å². The SMILES string of the molecule is CN1CCC(N(C)C)C1.Cc1cc2c(F)cc(-c3nc(Nc4ccc(C=O)cn4)ncc3F)cc2n1C(C)C. The number of anilines is 2. The van der Waals surface area contributed by atoms with Crippen molar-refractivity contribution in [1.82, 2.24) is 29.3 Å². The first-order chi connectivity index (χ1) is 18.6. The molecule has 1 saturated heterocycles. The van der Waals surface area contributed by atoms with Crippen LogP contribution in [0, 0.1) is 18.6 Å². The number of aldehydes is 1. The summed E-state index contributed by atoms with van der Waals surface area (Å²) < 4.78 is 31.4. The average molecular weight is 536 g/mol. The van der Waals surface area contributed by atoms with Gasteiger partial charge in [-0.2, -0.15) is 0 Å². The van der Waals surface area contributed by atoms with Gasteiger partial charge in [0.2, 0.25) is 5.95 Å². The van der Waals surface area contributed by atoms with Crippen molar-refractivity contribution in [1.29, 1.82) is 0 Å². The van der Waals surface area contributed by atoms with E-state index in [-0.39, 0.29) is 17.7 Å². The van der Waals surface area contributed by atoms with Crippen LogP contribution in [0.5, 0.6) is 0 Å². The van der Waals surface area contributed by atoms with Crippen LogP contribution in [-0.4, -0.2) is 75.9 Å². The van der Waals surface area contributed by atoms with Crippen LogP contribution in [0.4, 0.5) is 20.5 Å². The predicted molar refractivity (Wildman–Crippen MR) is 150 cm³/mol. The fraction of sp³-hybridized carbons (Fsp3) is 0.379. The summed E-state index contributed by atoms with van der Waals surface area (Å²) in [5.41, 5.74) is 2.32. The van der Waals surface area contributed by atoms with Gasteiger partial charge in [0.15, 0.2) is 12.1 Å². The van der Waals surface area contributed by atoms with E-state index >= 15 is 0 Å². The number of likely N-dealkylation sites (tertiary alicyclic amines) is 1. The van der Waals surface area contributed by atoms with Gasteiger partial charge in [0.05, 0.1) is 11.7 Å². The highest BCUT2D eigenvalue weighted by Gasteiger charge is 2.20. The van der Waals surface area contributed by atoms with Crippen LogP contribution in [-0.2, 0) is 0 Å². The van der Waals surface area contributed by atoms with E-state index in [2.05, 4.69) is 51.2 Å². The second kappa shape index (κ2) is 12.0. The molecule has 0 radical (unpaired) electrons. The molecule has 3 aromatic heterocycles. The third-order valence-corrected chi connectivity index (χ3v) is 6.89. The van der Waals surface area contributed by atoms with Crippen LogP contribution < -0.4 is 5.32 Å². The highest BCUT2D eigenvalue weighted by Crippen LogP contribution is 2.32. The molecule has 1 aromatic carbocycles. The van der Waals surface area contributed by atoms with Crippen molar-refractivity contribution in [2.24, 2.45) is 0 Å². The number of rotatable bonds is 6. The molecule has 1 fully saturated rings. The van der Waals surface area contributed by atoms with Crippen molar-refractivity contribution in [3.8, 4) is 11.3 Å². The number of carbonyl (C=O) groups is 1. The summed E-state index contributed by atoms with van der Waals surface area (Å²) in [6.45, 7) is 8.44. The Balaban J connectivity index is 0.000000333. The highest BCUT2D eigenvalue weighted by atomic mass is 19.1. The molecule has 1 unspecified atom stereocenters. The van der Waals surface area contributed by atoms with Crippen LogP contribution in [0.1, 0.15) is 42.4 Å². The normalized spacial score (nSPS) is 15.6. The van der Waals surface area contributed by atoms with Crippen molar-refractivity contribution in [2.75, 3.05) is 39.5 Å². The molecule has 10 heteroatoms. The van der Waals surface area contributed by atoms with Gasteiger partial charge in [-0.05, 0) is 85.2 Å². The Bertz CT molecular complexity index is 1450. The molecule has 0 bridgehead atoms. The number of pyridine rings is 1. The van der Waals surface area contributed by atoms with Gasteiger partial charge >= 0.3 is 0 Å². The lowest BCUT2D eigenvalue weighted by molar-refractivity contribution is 0.112. The second-order valence-electron chi connectivity index (χ2n) is 10.4. The summed E-state index contributed by atoms with van der Waals surface area (Å²) in [6, 6.07) is 8.88. The topological polar surface area (TPSA) is 79.2 Å². The first kappa shape index (κ1) is 28.3. The molecular weight excluding hydrogens is 500 g/mol. The molecule has 4 aromatic rings. The van der Waals surface area contributed by atoms with E-state index in [9.17, 15) is 13.6 Å². The van der Waals surface area contributed by atoms with E-state index < -0.39 is 11.6 Å². The van der Waals surface area contributed by atoms with Crippen molar-refractivity contribution < 1.29 is 13.6 Å². The Morgan fingerprint density at radius 2 is 1.87 bits per heavy atom. The first-order valence-corrected chi connectivity index (χ1v) is 12.9. The number of aromatic nitrogens is 4. The van der Waals surface area contributed by atoms with Gasteiger partial charge in [-0.3, -0.25) is 4.79 Å². The molecule has 8 nitrogen and oxygen atoms in total. The number of nitrogens with zero attached hydrogens (tertiary/aromatic N) is 6. The van der Waals surface area contributed by atoms with Crippen LogP contribution in [0.2, 0.25) is 0 Å². The summed E-state index contributed by atoms with van der Waals surface area (Å²) in [5.74, 6) is -0.607. The Kier molecular flexibility index (Phi) is 8.66. The fourth-order valence-corrected chi connectivity index (χ4v) is 4.86. The molecule has 206 valence electrons. The second-order valence-corrected chi connectivity index (χ2v) is 10.4. The fourth-order valence-electron chi connectivity index (χ4n) is 4.86. The molecule has 1 aliphatic heterocycles. The minimum atomic E-state index is -0.664. The number of likely N-dealkylation sites (N-methyl/N-ethyl adjacent to an activating group) is 2. The van der Waals surface area contributed by atoms with E-state index in [0.29, 0.717) is 34.1 Å². The van der Waals surface area contributed by atoms with Gasteiger partial charge in [-0.1, -0.05) is 0 Å². The lowest BCUT2D eigenvalue weighted by atomic mass is 10.1. The molecule has 0 spiro atoms. The summed E-state index contributed by atoms with van der Waals surface area (Å²) in [7, 11) is 6.50. The Morgan fingerprint density at radius 3 is 2.44 bits per heavy atom. The maximum atomic E-state index is 14.8. The molecule has 0 amide bonds. The zero-order valence-corrected chi connectivity index (χ0v) is 23.2. The van der Waals surface area contributed by atoms with Gasteiger partial charge < -0.3 is 19.7 Å². The standard InChI is InChI=1S/C22H19F2N5O.C7H16N2/c1-12(2)29-13(3)6-16-17(23)7-15(8-19(16)29)21-18(24)10-26-22(28-21)27-20-5-4-14(11-30)9-25-20;1-8(2)7-4-5-9(3)6-7/h4-12H,1-3H3,(H,25,26,27,28);7H,4-6H2,1-3H3. The molecule has 0 aliphatic carbocycles. The number of fused-ring (bicyclic) bond motifs is 1. The van der Waals surface area contributed by atoms with E-state index in [1.54, 1.807) is 24.3 Å². The van der Waals surface area contributed by atoms with Crippen molar-refractivity contribution in [2.45, 2.75) is 39.3 Å². The molecule has 1 atom stereocenters. The number of aryl methyl sites for hydroxylation is 1. The predicted octanol–water partition coefficient (Wildman–Crippen LogP) is 5.47. The maximum absolute atomic E-state index is 14.8. The monoisotopic (exact) mass is 535 g/mol. The third kappa shape index (κ3) is 6.46. The molecule has 0 saturated carbocycles. The van der Waals surface area contributed by atoms with Gasteiger partial charge in [-0.25, -0.2) is 23.7 Å². The number of carbonyl (C=O) groups excluding carboxylic acids is 1.